The average Bonchev–Trinajstić information content (AvgIpc) is 2.99. The van der Waals surface area contributed by atoms with Gasteiger partial charge < -0.3 is 11.1 Å². The zero-order chi connectivity index (χ0) is 15.6. The van der Waals surface area contributed by atoms with Crippen LogP contribution in [0.2, 0.25) is 0 Å². The maximum atomic E-state index is 12.1. The molecule has 0 aromatic carbocycles. The molecular weight excluding hydrogens is 270 g/mol. The minimum absolute atomic E-state index is 0.0945. The Labute approximate surface area is 123 Å². The van der Waals surface area contributed by atoms with Gasteiger partial charge in [-0.25, -0.2) is 4.68 Å². The topological polar surface area (TPSA) is 104 Å². The molecule has 3 N–H and O–H groups in total. The number of carbonyl (C=O) groups is 1. The molecule has 2 aromatic heterocycles. The Bertz CT molecular complexity index is 643. The molecule has 2 heterocycles. The monoisotopic (exact) mass is 291 g/mol. The van der Waals surface area contributed by atoms with E-state index in [1.165, 1.54) is 4.68 Å². The molecule has 0 bridgehead atoms. The molecule has 0 spiro atoms. The second-order valence-corrected chi connectivity index (χ2v) is 5.07. The summed E-state index contributed by atoms with van der Waals surface area (Å²) in [7, 11) is 1.84. The van der Waals surface area contributed by atoms with Crippen LogP contribution in [0.1, 0.15) is 36.5 Å². The van der Waals surface area contributed by atoms with Crippen LogP contribution in [0.15, 0.2) is 6.20 Å². The lowest BCUT2D eigenvalue weighted by Crippen LogP contribution is -2.20. The molecule has 1 atom stereocenters. The molecule has 0 aliphatic rings. The maximum Gasteiger partial charge on any atom is 0.246 e. The van der Waals surface area contributed by atoms with Crippen molar-refractivity contribution in [3.8, 4) is 0 Å². The summed E-state index contributed by atoms with van der Waals surface area (Å²) < 4.78 is 3.22. The van der Waals surface area contributed by atoms with Crippen molar-refractivity contribution in [1.82, 2.24) is 24.8 Å². The molecule has 0 saturated heterocycles. The first-order valence-corrected chi connectivity index (χ1v) is 6.88. The third-order valence-corrected chi connectivity index (χ3v) is 3.46. The summed E-state index contributed by atoms with van der Waals surface area (Å²) in [5.74, 6) is -0.171. The van der Waals surface area contributed by atoms with Gasteiger partial charge in [0.25, 0.3) is 0 Å². The fourth-order valence-corrected chi connectivity index (χ4v) is 2.05. The quantitative estimate of drug-likeness (QED) is 0.843. The highest BCUT2D eigenvalue weighted by Gasteiger charge is 2.14. The van der Waals surface area contributed by atoms with Crippen LogP contribution in [0.5, 0.6) is 0 Å². The molecule has 1 amide bonds. The van der Waals surface area contributed by atoms with Crippen LogP contribution in [-0.2, 0) is 18.4 Å². The lowest BCUT2D eigenvalue weighted by Gasteiger charge is -2.05. The van der Waals surface area contributed by atoms with Crippen LogP contribution in [0.3, 0.4) is 0 Å². The number of hydrogen-bond donors (Lipinski definition) is 2. The number of aromatic nitrogens is 5. The number of amides is 1. The Balaban J connectivity index is 2.03. The SMILES string of the molecule is CCC(N)c1cn(CC(=O)Nc2c(C)nn(C)c2C)nn1. The summed E-state index contributed by atoms with van der Waals surface area (Å²) in [4.78, 5) is 12.1. The Morgan fingerprint density at radius 3 is 2.76 bits per heavy atom. The highest BCUT2D eigenvalue weighted by Crippen LogP contribution is 2.18. The lowest BCUT2D eigenvalue weighted by atomic mass is 10.2. The van der Waals surface area contributed by atoms with Crippen molar-refractivity contribution in [3.63, 3.8) is 0 Å². The Kier molecular flexibility index (Phi) is 4.37. The summed E-state index contributed by atoms with van der Waals surface area (Å²) in [5, 5.41) is 15.0. The third-order valence-electron chi connectivity index (χ3n) is 3.46. The van der Waals surface area contributed by atoms with Crippen molar-refractivity contribution in [2.75, 3.05) is 5.32 Å². The molecule has 21 heavy (non-hydrogen) atoms. The first-order valence-electron chi connectivity index (χ1n) is 6.88. The Morgan fingerprint density at radius 1 is 1.48 bits per heavy atom. The highest BCUT2D eigenvalue weighted by atomic mass is 16.2. The summed E-state index contributed by atoms with van der Waals surface area (Å²) in [5.41, 5.74) is 9.01. The molecular formula is C13H21N7O. The van der Waals surface area contributed by atoms with Crippen LogP contribution in [0.25, 0.3) is 0 Å². The van der Waals surface area contributed by atoms with Gasteiger partial charge in [-0.2, -0.15) is 5.10 Å². The van der Waals surface area contributed by atoms with Gasteiger partial charge >= 0.3 is 0 Å². The number of hydrogen-bond acceptors (Lipinski definition) is 5. The van der Waals surface area contributed by atoms with Gasteiger partial charge in [0.2, 0.25) is 5.91 Å². The summed E-state index contributed by atoms with van der Waals surface area (Å²) in [6.07, 6.45) is 2.48. The fourth-order valence-electron chi connectivity index (χ4n) is 2.05. The smallest absolute Gasteiger partial charge is 0.246 e. The molecule has 0 aliphatic carbocycles. The van der Waals surface area contributed by atoms with Crippen LogP contribution in [0.4, 0.5) is 5.69 Å². The molecule has 8 nitrogen and oxygen atoms in total. The van der Waals surface area contributed by atoms with Crippen molar-refractivity contribution in [3.05, 3.63) is 23.3 Å². The van der Waals surface area contributed by atoms with E-state index in [0.717, 1.165) is 23.5 Å². The number of nitrogens with zero attached hydrogens (tertiary/aromatic N) is 5. The van der Waals surface area contributed by atoms with Gasteiger partial charge in [0.15, 0.2) is 0 Å². The van der Waals surface area contributed by atoms with E-state index in [9.17, 15) is 4.79 Å². The maximum absolute atomic E-state index is 12.1. The van der Waals surface area contributed by atoms with Gasteiger partial charge in [0, 0.05) is 7.05 Å². The number of nitrogens with two attached hydrogens (primary N) is 1. The van der Waals surface area contributed by atoms with Crippen LogP contribution >= 0.6 is 0 Å². The third kappa shape index (κ3) is 3.27. The van der Waals surface area contributed by atoms with E-state index in [0.29, 0.717) is 5.69 Å². The van der Waals surface area contributed by atoms with Gasteiger partial charge in [-0.05, 0) is 20.3 Å². The number of aryl methyl sites for hydroxylation is 2. The standard InChI is InChI=1S/C13H21N7O/c1-5-10(14)11-6-20(18-16-11)7-12(21)15-13-8(2)17-19(4)9(13)3/h6,10H,5,7,14H2,1-4H3,(H,15,21). The van der Waals surface area contributed by atoms with E-state index >= 15 is 0 Å². The van der Waals surface area contributed by atoms with E-state index in [2.05, 4.69) is 20.7 Å². The molecule has 114 valence electrons. The fraction of sp³-hybridized carbons (Fsp3) is 0.538. The number of carbonyl (C=O) groups excluding carboxylic acids is 1. The highest BCUT2D eigenvalue weighted by molar-refractivity contribution is 5.91. The van der Waals surface area contributed by atoms with Gasteiger partial charge in [-0.1, -0.05) is 12.1 Å². The summed E-state index contributed by atoms with van der Waals surface area (Å²) >= 11 is 0. The normalized spacial score (nSPS) is 12.4. The minimum atomic E-state index is -0.171. The van der Waals surface area contributed by atoms with E-state index in [1.807, 2.05) is 27.8 Å². The van der Waals surface area contributed by atoms with Gasteiger partial charge in [-0.15, -0.1) is 5.10 Å². The van der Waals surface area contributed by atoms with Crippen molar-refractivity contribution in [2.45, 2.75) is 39.8 Å². The summed E-state index contributed by atoms with van der Waals surface area (Å²) in [6, 6.07) is -0.148. The summed E-state index contributed by atoms with van der Waals surface area (Å²) in [6.45, 7) is 5.83. The molecule has 1 unspecified atom stereocenters. The van der Waals surface area contributed by atoms with Crippen molar-refractivity contribution in [1.29, 1.82) is 0 Å². The number of rotatable bonds is 5. The van der Waals surface area contributed by atoms with Gasteiger partial charge in [-0.3, -0.25) is 9.48 Å². The molecule has 0 fully saturated rings. The van der Waals surface area contributed by atoms with Crippen molar-refractivity contribution in [2.24, 2.45) is 12.8 Å². The molecule has 0 radical (unpaired) electrons. The van der Waals surface area contributed by atoms with Crippen LogP contribution < -0.4 is 11.1 Å². The molecule has 8 heteroatoms. The van der Waals surface area contributed by atoms with E-state index in [-0.39, 0.29) is 18.5 Å². The second kappa shape index (κ2) is 6.04. The minimum Gasteiger partial charge on any atom is -0.323 e. The first-order chi connectivity index (χ1) is 9.92. The van der Waals surface area contributed by atoms with E-state index in [4.69, 9.17) is 5.73 Å². The predicted octanol–water partition coefficient (Wildman–Crippen LogP) is 0.677. The van der Waals surface area contributed by atoms with Crippen LogP contribution in [-0.4, -0.2) is 30.7 Å². The van der Waals surface area contributed by atoms with Gasteiger partial charge in [0.1, 0.15) is 6.54 Å². The molecule has 0 saturated carbocycles. The average molecular weight is 291 g/mol. The Hall–Kier alpha value is -2.22. The first kappa shape index (κ1) is 15.2. The molecule has 0 aliphatic heterocycles. The number of nitrogens with one attached hydrogen (secondary N) is 1. The largest absolute Gasteiger partial charge is 0.323 e. The second-order valence-electron chi connectivity index (χ2n) is 5.07. The lowest BCUT2D eigenvalue weighted by molar-refractivity contribution is -0.116. The van der Waals surface area contributed by atoms with Crippen molar-refractivity contribution >= 4 is 11.6 Å². The zero-order valence-electron chi connectivity index (χ0n) is 12.8. The number of anilines is 1. The Morgan fingerprint density at radius 2 is 2.19 bits per heavy atom. The van der Waals surface area contributed by atoms with E-state index in [1.54, 1.807) is 10.9 Å². The van der Waals surface area contributed by atoms with E-state index < -0.39 is 0 Å². The van der Waals surface area contributed by atoms with Crippen molar-refractivity contribution < 1.29 is 4.79 Å². The predicted molar refractivity (Wildman–Crippen MR) is 78.6 cm³/mol. The molecule has 2 rings (SSSR count). The van der Waals surface area contributed by atoms with Gasteiger partial charge in [0.05, 0.1) is 35.0 Å². The van der Waals surface area contributed by atoms with Crippen LogP contribution in [0, 0.1) is 13.8 Å². The molecule has 2 aromatic rings. The zero-order valence-corrected chi connectivity index (χ0v) is 12.8.